The first-order chi connectivity index (χ1) is 10.6. The molecule has 1 heterocycles. The van der Waals surface area contributed by atoms with Gasteiger partial charge in [0, 0.05) is 5.02 Å². The van der Waals surface area contributed by atoms with Gasteiger partial charge < -0.3 is 0 Å². The minimum Gasteiger partial charge on any atom is -0.272 e. The van der Waals surface area contributed by atoms with Gasteiger partial charge in [-0.3, -0.25) is 9.59 Å². The quantitative estimate of drug-likeness (QED) is 0.479. The summed E-state index contributed by atoms with van der Waals surface area (Å²) in [4.78, 5) is 25.1. The van der Waals surface area contributed by atoms with Crippen molar-refractivity contribution in [3.05, 3.63) is 47.0 Å². The van der Waals surface area contributed by atoms with E-state index in [9.17, 15) is 9.59 Å². The summed E-state index contributed by atoms with van der Waals surface area (Å²) in [6.07, 6.45) is 7.74. The number of carbonyl (C=O) groups excluding carboxylic acids is 2. The number of allylic oxidation sites excluding steroid dienone is 2. The zero-order chi connectivity index (χ0) is 15.3. The minimum absolute atomic E-state index is 0.153. The van der Waals surface area contributed by atoms with Crippen molar-refractivity contribution in [2.75, 3.05) is 0 Å². The van der Waals surface area contributed by atoms with E-state index >= 15 is 0 Å². The number of rotatable bonds is 2. The van der Waals surface area contributed by atoms with Crippen LogP contribution in [0.3, 0.4) is 0 Å². The van der Waals surface area contributed by atoms with E-state index in [4.69, 9.17) is 11.6 Å². The average molecular weight is 315 g/mol. The Kier molecular flexibility index (Phi) is 3.15. The second kappa shape index (κ2) is 5.06. The van der Waals surface area contributed by atoms with Crippen molar-refractivity contribution < 1.29 is 9.59 Å². The van der Waals surface area contributed by atoms with Crippen LogP contribution in [0.5, 0.6) is 0 Å². The first-order valence-electron chi connectivity index (χ1n) is 7.51. The molecule has 1 aliphatic heterocycles. The maximum Gasteiger partial charge on any atom is 0.254 e. The SMILES string of the molecule is O=C1[C@@H]2[C@@H](C(=O)N1/N=C\c1ccc(Cl)cc1)[C@H]1C=C[C@@H]2CC1. The Morgan fingerprint density at radius 3 is 2.05 bits per heavy atom. The Bertz CT molecular complexity index is 663. The molecule has 0 N–H and O–H groups in total. The monoisotopic (exact) mass is 314 g/mol. The molecule has 5 heteroatoms. The van der Waals surface area contributed by atoms with E-state index in [2.05, 4.69) is 17.3 Å². The minimum atomic E-state index is -0.210. The van der Waals surface area contributed by atoms with Crippen LogP contribution in [0.25, 0.3) is 0 Å². The zero-order valence-corrected chi connectivity index (χ0v) is 12.6. The summed E-state index contributed by atoms with van der Waals surface area (Å²) in [6.45, 7) is 0. The predicted molar refractivity (Wildman–Crippen MR) is 83.2 cm³/mol. The Hall–Kier alpha value is -1.94. The molecule has 1 saturated carbocycles. The summed E-state index contributed by atoms with van der Waals surface area (Å²) in [5, 5.41) is 5.85. The summed E-state index contributed by atoms with van der Waals surface area (Å²) >= 11 is 5.84. The van der Waals surface area contributed by atoms with Crippen LogP contribution in [0.15, 0.2) is 41.5 Å². The first kappa shape index (κ1) is 13.7. The largest absolute Gasteiger partial charge is 0.272 e. The Morgan fingerprint density at radius 2 is 1.55 bits per heavy atom. The van der Waals surface area contributed by atoms with Crippen LogP contribution in [0, 0.1) is 23.7 Å². The molecule has 1 saturated heterocycles. The molecule has 1 aromatic carbocycles. The topological polar surface area (TPSA) is 49.7 Å². The fraction of sp³-hybridized carbons (Fsp3) is 0.353. The first-order valence-corrected chi connectivity index (χ1v) is 7.88. The second-order valence-corrected chi connectivity index (χ2v) is 6.56. The molecule has 0 spiro atoms. The molecule has 112 valence electrons. The fourth-order valence-electron chi connectivity index (χ4n) is 3.85. The van der Waals surface area contributed by atoms with Crippen molar-refractivity contribution in [3.63, 3.8) is 0 Å². The van der Waals surface area contributed by atoms with Gasteiger partial charge >= 0.3 is 0 Å². The van der Waals surface area contributed by atoms with E-state index in [1.54, 1.807) is 30.5 Å². The van der Waals surface area contributed by atoms with Gasteiger partial charge in [0.15, 0.2) is 0 Å². The number of hydrogen-bond donors (Lipinski definition) is 0. The van der Waals surface area contributed by atoms with E-state index in [1.807, 2.05) is 0 Å². The van der Waals surface area contributed by atoms with Crippen molar-refractivity contribution in [1.82, 2.24) is 5.01 Å². The lowest BCUT2D eigenvalue weighted by atomic mass is 9.63. The predicted octanol–water partition coefficient (Wildman–Crippen LogP) is 2.87. The summed E-state index contributed by atoms with van der Waals surface area (Å²) in [7, 11) is 0. The molecule has 0 aromatic heterocycles. The highest BCUT2D eigenvalue weighted by atomic mass is 35.5. The third kappa shape index (κ3) is 2.02. The van der Waals surface area contributed by atoms with Gasteiger partial charge in [-0.25, -0.2) is 0 Å². The van der Waals surface area contributed by atoms with Crippen LogP contribution < -0.4 is 0 Å². The lowest BCUT2D eigenvalue weighted by molar-refractivity contribution is -0.140. The number of benzene rings is 1. The molecule has 0 unspecified atom stereocenters. The molecule has 2 amide bonds. The van der Waals surface area contributed by atoms with Gasteiger partial charge in [0.25, 0.3) is 11.8 Å². The Balaban J connectivity index is 1.60. The fourth-order valence-corrected chi connectivity index (χ4v) is 3.97. The van der Waals surface area contributed by atoms with Crippen LogP contribution in [-0.2, 0) is 9.59 Å². The zero-order valence-electron chi connectivity index (χ0n) is 11.9. The van der Waals surface area contributed by atoms with Gasteiger partial charge in [0.1, 0.15) is 0 Å². The summed E-state index contributed by atoms with van der Waals surface area (Å²) in [5.74, 6) is -0.333. The molecule has 22 heavy (non-hydrogen) atoms. The molecule has 2 fully saturated rings. The third-order valence-electron chi connectivity index (χ3n) is 4.93. The van der Waals surface area contributed by atoms with Gasteiger partial charge in [0.05, 0.1) is 18.1 Å². The van der Waals surface area contributed by atoms with E-state index < -0.39 is 0 Å². The van der Waals surface area contributed by atoms with Crippen LogP contribution in [-0.4, -0.2) is 23.0 Å². The van der Waals surface area contributed by atoms with Crippen LogP contribution in [0.1, 0.15) is 18.4 Å². The van der Waals surface area contributed by atoms with Gasteiger partial charge in [-0.1, -0.05) is 35.9 Å². The molecule has 4 atom stereocenters. The number of halogens is 1. The number of fused-ring (bicyclic) bond motifs is 1. The molecule has 5 rings (SSSR count). The lowest BCUT2D eigenvalue weighted by Crippen LogP contribution is -2.38. The van der Waals surface area contributed by atoms with Crippen molar-refractivity contribution >= 4 is 29.6 Å². The third-order valence-corrected chi connectivity index (χ3v) is 5.18. The van der Waals surface area contributed by atoms with Gasteiger partial charge in [-0.05, 0) is 42.4 Å². The summed E-state index contributed by atoms with van der Waals surface area (Å²) in [6, 6.07) is 7.10. The number of hydrazone groups is 1. The molecule has 4 aliphatic rings. The molecular weight excluding hydrogens is 300 g/mol. The molecule has 4 nitrogen and oxygen atoms in total. The van der Waals surface area contributed by atoms with E-state index in [0.717, 1.165) is 23.4 Å². The lowest BCUT2D eigenvalue weighted by Gasteiger charge is -2.37. The smallest absolute Gasteiger partial charge is 0.254 e. The van der Waals surface area contributed by atoms with Crippen molar-refractivity contribution in [2.45, 2.75) is 12.8 Å². The van der Waals surface area contributed by atoms with Gasteiger partial charge in [-0.2, -0.15) is 10.1 Å². The number of amides is 2. The Morgan fingerprint density at radius 1 is 1.00 bits per heavy atom. The second-order valence-electron chi connectivity index (χ2n) is 6.13. The maximum atomic E-state index is 12.6. The highest BCUT2D eigenvalue weighted by Crippen LogP contribution is 2.49. The van der Waals surface area contributed by atoms with Gasteiger partial charge in [-0.15, -0.1) is 0 Å². The number of imide groups is 1. The van der Waals surface area contributed by atoms with Crippen LogP contribution in [0.4, 0.5) is 0 Å². The van der Waals surface area contributed by atoms with Crippen molar-refractivity contribution in [3.8, 4) is 0 Å². The van der Waals surface area contributed by atoms with Crippen LogP contribution in [0.2, 0.25) is 5.02 Å². The molecule has 0 radical (unpaired) electrons. The number of carbonyl (C=O) groups is 2. The van der Waals surface area contributed by atoms with E-state index in [-0.39, 0.29) is 35.5 Å². The summed E-state index contributed by atoms with van der Waals surface area (Å²) in [5.41, 5.74) is 0.806. The molecular formula is C17H15ClN2O2. The van der Waals surface area contributed by atoms with Gasteiger partial charge in [0.2, 0.25) is 0 Å². The van der Waals surface area contributed by atoms with E-state index in [0.29, 0.717) is 5.02 Å². The maximum absolute atomic E-state index is 12.6. The van der Waals surface area contributed by atoms with Crippen LogP contribution >= 0.6 is 11.6 Å². The normalized spacial score (nSPS) is 33.0. The highest BCUT2D eigenvalue weighted by molar-refractivity contribution is 6.30. The Labute approximate surface area is 133 Å². The molecule has 2 bridgehead atoms. The standard InChI is InChI=1S/C17H15ClN2O2/c18-13-7-1-10(2-8-13)9-19-20-16(21)14-11-3-4-12(6-5-11)15(14)17(20)22/h1-4,7-9,11-12,14-15H,5-6H2/b19-9-/t11-,12+,14-,15-/m0/s1. The van der Waals surface area contributed by atoms with Crippen molar-refractivity contribution in [1.29, 1.82) is 0 Å². The molecule has 1 aromatic rings. The van der Waals surface area contributed by atoms with Crippen molar-refractivity contribution in [2.24, 2.45) is 28.8 Å². The van der Waals surface area contributed by atoms with E-state index in [1.165, 1.54) is 0 Å². The number of nitrogens with zero attached hydrogens (tertiary/aromatic N) is 2. The number of hydrogen-bond acceptors (Lipinski definition) is 3. The summed E-state index contributed by atoms with van der Waals surface area (Å²) < 4.78 is 0. The highest BCUT2D eigenvalue weighted by Gasteiger charge is 2.56. The average Bonchev–Trinajstić information content (AvgIpc) is 2.82. The molecule has 3 aliphatic carbocycles.